The zero-order valence-corrected chi connectivity index (χ0v) is 20.9. The number of ether oxygens (including phenoxy) is 2. The van der Waals surface area contributed by atoms with E-state index in [1.807, 2.05) is 0 Å². The number of hydrogen-bond donors (Lipinski definition) is 6. The van der Waals surface area contributed by atoms with E-state index in [1.165, 1.54) is 0 Å². The lowest BCUT2D eigenvalue weighted by Crippen LogP contribution is -2.46. The second-order valence-electron chi connectivity index (χ2n) is 8.25. The Morgan fingerprint density at radius 1 is 0.588 bits per heavy atom. The highest BCUT2D eigenvalue weighted by atomic mass is 16.5. The summed E-state index contributed by atoms with van der Waals surface area (Å²) in [6.45, 7) is 3.83. The quantitative estimate of drug-likeness (QED) is 0.106. The molecule has 4 atom stereocenters. The summed E-state index contributed by atoms with van der Waals surface area (Å²) in [6.07, 6.45) is 4.86. The molecule has 0 rings (SSSR count). The lowest BCUT2D eigenvalue weighted by Gasteiger charge is -2.24. The maximum absolute atomic E-state index is 11.4. The average Bonchev–Trinajstić information content (AvgIpc) is 2.84. The Balaban J connectivity index is 0. The van der Waals surface area contributed by atoms with Crippen LogP contribution >= 0.6 is 0 Å². The van der Waals surface area contributed by atoms with Gasteiger partial charge in [0.1, 0.15) is 24.4 Å². The van der Waals surface area contributed by atoms with Crippen molar-refractivity contribution in [2.24, 2.45) is 0 Å². The van der Waals surface area contributed by atoms with Gasteiger partial charge in [-0.15, -0.1) is 0 Å². The van der Waals surface area contributed by atoms with Crippen LogP contribution in [0.1, 0.15) is 90.9 Å². The van der Waals surface area contributed by atoms with Crippen molar-refractivity contribution in [3.63, 3.8) is 0 Å². The molecule has 10 heteroatoms. The minimum absolute atomic E-state index is 0.0664. The maximum Gasteiger partial charge on any atom is 0.305 e. The molecule has 0 saturated heterocycles. The van der Waals surface area contributed by atoms with E-state index in [2.05, 4.69) is 13.8 Å². The van der Waals surface area contributed by atoms with E-state index in [0.29, 0.717) is 26.1 Å². The van der Waals surface area contributed by atoms with E-state index in [1.54, 1.807) is 0 Å². The maximum atomic E-state index is 11.4. The van der Waals surface area contributed by atoms with Crippen LogP contribution < -0.4 is 0 Å². The molecule has 0 aliphatic carbocycles. The van der Waals surface area contributed by atoms with E-state index < -0.39 is 37.6 Å². The van der Waals surface area contributed by atoms with Crippen molar-refractivity contribution in [3.05, 3.63) is 0 Å². The first-order chi connectivity index (χ1) is 16.2. The molecule has 0 heterocycles. The molecule has 0 aliphatic heterocycles. The summed E-state index contributed by atoms with van der Waals surface area (Å²) in [7, 11) is 0. The molecular weight excluding hydrogens is 448 g/mol. The van der Waals surface area contributed by atoms with Gasteiger partial charge >= 0.3 is 11.9 Å². The Labute approximate surface area is 203 Å². The summed E-state index contributed by atoms with van der Waals surface area (Å²) in [4.78, 5) is 22.7. The first kappa shape index (κ1) is 34.9. The van der Waals surface area contributed by atoms with Crippen molar-refractivity contribution in [2.45, 2.75) is 115 Å². The number of aliphatic hydroxyl groups excluding tert-OH is 6. The van der Waals surface area contributed by atoms with E-state index >= 15 is 0 Å². The SMILES string of the molecule is CCCCOC(=O)CCCCCCCCC(=O)OCCCC.OCC(O)C(O)C(O)C(O)CO. The number of rotatable bonds is 20. The van der Waals surface area contributed by atoms with Gasteiger partial charge in [0.25, 0.3) is 0 Å². The Hall–Kier alpha value is -1.30. The van der Waals surface area contributed by atoms with Crippen molar-refractivity contribution >= 4 is 11.9 Å². The molecule has 10 nitrogen and oxygen atoms in total. The van der Waals surface area contributed by atoms with Crippen molar-refractivity contribution in [2.75, 3.05) is 26.4 Å². The van der Waals surface area contributed by atoms with Gasteiger partial charge in [-0.25, -0.2) is 0 Å². The largest absolute Gasteiger partial charge is 0.466 e. The van der Waals surface area contributed by atoms with Gasteiger partial charge in [-0.1, -0.05) is 52.4 Å². The Morgan fingerprint density at radius 2 is 0.912 bits per heavy atom. The number of carbonyl (C=O) groups excluding carboxylic acids is 2. The Morgan fingerprint density at radius 3 is 1.21 bits per heavy atom. The number of unbranched alkanes of at least 4 members (excludes halogenated alkanes) is 7. The molecule has 4 unspecified atom stereocenters. The smallest absolute Gasteiger partial charge is 0.305 e. The van der Waals surface area contributed by atoms with Gasteiger partial charge in [-0.05, 0) is 25.7 Å². The fraction of sp³-hybridized carbons (Fsp3) is 0.917. The summed E-state index contributed by atoms with van der Waals surface area (Å²) in [5.74, 6) is -0.133. The molecule has 0 bridgehead atoms. The number of carbonyl (C=O) groups is 2. The normalized spacial score (nSPS) is 14.4. The summed E-state index contributed by atoms with van der Waals surface area (Å²) < 4.78 is 10.2. The van der Waals surface area contributed by atoms with Gasteiger partial charge < -0.3 is 40.1 Å². The molecular formula is C24H48O10. The van der Waals surface area contributed by atoms with E-state index in [4.69, 9.17) is 40.1 Å². The minimum atomic E-state index is -1.67. The van der Waals surface area contributed by atoms with Gasteiger partial charge in [-0.2, -0.15) is 0 Å². The van der Waals surface area contributed by atoms with Crippen molar-refractivity contribution < 1.29 is 49.7 Å². The molecule has 0 amide bonds. The molecule has 204 valence electrons. The van der Waals surface area contributed by atoms with Crippen LogP contribution in [0.15, 0.2) is 0 Å². The van der Waals surface area contributed by atoms with Gasteiger partial charge in [0.2, 0.25) is 0 Å². The summed E-state index contributed by atoms with van der Waals surface area (Å²) in [5.41, 5.74) is 0. The number of hydrogen-bond acceptors (Lipinski definition) is 10. The predicted octanol–water partition coefficient (Wildman–Crippen LogP) is 1.21. The zero-order chi connectivity index (χ0) is 26.2. The van der Waals surface area contributed by atoms with Gasteiger partial charge in [0.15, 0.2) is 0 Å². The third kappa shape index (κ3) is 21.2. The average molecular weight is 497 g/mol. The van der Waals surface area contributed by atoms with Gasteiger partial charge in [0, 0.05) is 12.8 Å². The standard InChI is InChI=1S/C18H34O4.C6H14O6/c1-3-5-15-21-17(19)13-11-9-7-8-10-12-14-18(20)22-16-6-4-2;7-1-3(9)5(11)6(12)4(10)2-8/h3-16H2,1-2H3;3-12H,1-2H2. The summed E-state index contributed by atoms with van der Waals surface area (Å²) in [6, 6.07) is 0. The molecule has 6 N–H and O–H groups in total. The molecule has 0 spiro atoms. The molecule has 0 aromatic rings. The topological polar surface area (TPSA) is 174 Å². The van der Waals surface area contributed by atoms with Gasteiger partial charge in [-0.3, -0.25) is 9.59 Å². The van der Waals surface area contributed by atoms with E-state index in [9.17, 15) is 9.59 Å². The molecule has 0 saturated carbocycles. The number of esters is 2. The van der Waals surface area contributed by atoms with Gasteiger partial charge in [0.05, 0.1) is 26.4 Å². The van der Waals surface area contributed by atoms with Crippen LogP contribution in [0.2, 0.25) is 0 Å². The Kier molecular flexibility index (Phi) is 25.4. The van der Waals surface area contributed by atoms with Crippen molar-refractivity contribution in [3.8, 4) is 0 Å². The molecule has 34 heavy (non-hydrogen) atoms. The first-order valence-corrected chi connectivity index (χ1v) is 12.5. The highest BCUT2D eigenvalue weighted by molar-refractivity contribution is 5.69. The zero-order valence-electron chi connectivity index (χ0n) is 20.9. The lowest BCUT2D eigenvalue weighted by atomic mass is 10.0. The third-order valence-electron chi connectivity index (χ3n) is 5.05. The summed E-state index contributed by atoms with van der Waals surface area (Å²) in [5, 5.41) is 52.2. The van der Waals surface area contributed by atoms with Crippen molar-refractivity contribution in [1.82, 2.24) is 0 Å². The van der Waals surface area contributed by atoms with Crippen LogP contribution in [0.3, 0.4) is 0 Å². The monoisotopic (exact) mass is 496 g/mol. The second-order valence-corrected chi connectivity index (χ2v) is 8.25. The fourth-order valence-electron chi connectivity index (χ4n) is 2.72. The van der Waals surface area contributed by atoms with Crippen molar-refractivity contribution in [1.29, 1.82) is 0 Å². The van der Waals surface area contributed by atoms with E-state index in [0.717, 1.165) is 64.2 Å². The minimum Gasteiger partial charge on any atom is -0.466 e. The fourth-order valence-corrected chi connectivity index (χ4v) is 2.72. The Bertz CT molecular complexity index is 433. The van der Waals surface area contributed by atoms with E-state index in [-0.39, 0.29) is 11.9 Å². The first-order valence-electron chi connectivity index (χ1n) is 12.5. The molecule has 0 fully saturated rings. The highest BCUT2D eigenvalue weighted by Crippen LogP contribution is 2.10. The van der Waals surface area contributed by atoms with Crippen LogP contribution in [0, 0.1) is 0 Å². The highest BCUT2D eigenvalue weighted by Gasteiger charge is 2.29. The molecule has 0 aliphatic rings. The lowest BCUT2D eigenvalue weighted by molar-refractivity contribution is -0.144. The predicted molar refractivity (Wildman–Crippen MR) is 127 cm³/mol. The van der Waals surface area contributed by atoms with Crippen LogP contribution in [-0.4, -0.2) is 93.4 Å². The second kappa shape index (κ2) is 24.8. The molecule has 0 aromatic carbocycles. The van der Waals surface area contributed by atoms with Crippen LogP contribution in [0.5, 0.6) is 0 Å². The molecule has 0 aromatic heterocycles. The number of aliphatic hydroxyl groups is 6. The summed E-state index contributed by atoms with van der Waals surface area (Å²) >= 11 is 0. The van der Waals surface area contributed by atoms with Crippen LogP contribution in [0.25, 0.3) is 0 Å². The van der Waals surface area contributed by atoms with Crippen LogP contribution in [0.4, 0.5) is 0 Å². The third-order valence-corrected chi connectivity index (χ3v) is 5.05. The molecule has 0 radical (unpaired) electrons. The van der Waals surface area contributed by atoms with Crippen LogP contribution in [-0.2, 0) is 19.1 Å².